The molecule has 0 amide bonds. The number of carbonyl (C=O) groups excluding carboxylic acids is 1. The van der Waals surface area contributed by atoms with Crippen molar-refractivity contribution in [3.05, 3.63) is 59.2 Å². The van der Waals surface area contributed by atoms with Gasteiger partial charge in [0.1, 0.15) is 12.0 Å². The minimum atomic E-state index is -0.212. The van der Waals surface area contributed by atoms with Crippen LogP contribution in [0.2, 0.25) is 0 Å². The number of rotatable bonds is 4. The van der Waals surface area contributed by atoms with E-state index in [0.717, 1.165) is 0 Å². The summed E-state index contributed by atoms with van der Waals surface area (Å²) in [6.07, 6.45) is 6.97. The third kappa shape index (κ3) is 3.51. The zero-order chi connectivity index (χ0) is 15.2. The summed E-state index contributed by atoms with van der Waals surface area (Å²) in [6, 6.07) is 9.43. The van der Waals surface area contributed by atoms with Gasteiger partial charge in [-0.25, -0.2) is 0 Å². The first kappa shape index (κ1) is 14.4. The Bertz CT molecular complexity index is 715. The molecule has 2 rings (SSSR count). The molecule has 0 spiro atoms. The van der Waals surface area contributed by atoms with Gasteiger partial charge < -0.3 is 15.3 Å². The molecule has 0 aromatic heterocycles. The first-order chi connectivity index (χ1) is 10.1. The van der Waals surface area contributed by atoms with Crippen LogP contribution < -0.4 is 0 Å². The molecule has 2 aromatic rings. The van der Waals surface area contributed by atoms with Gasteiger partial charge in [0.2, 0.25) is 0 Å². The zero-order valence-electron chi connectivity index (χ0n) is 11.1. The monoisotopic (exact) mass is 282 g/mol. The fourth-order valence-electron chi connectivity index (χ4n) is 1.86. The molecule has 0 saturated heterocycles. The van der Waals surface area contributed by atoms with Crippen molar-refractivity contribution in [3.63, 3.8) is 0 Å². The van der Waals surface area contributed by atoms with Gasteiger partial charge in [-0.1, -0.05) is 36.4 Å². The van der Waals surface area contributed by atoms with E-state index in [2.05, 4.69) is 0 Å². The van der Waals surface area contributed by atoms with Crippen LogP contribution in [0.25, 0.3) is 18.2 Å². The molecule has 106 valence electrons. The first-order valence-electron chi connectivity index (χ1n) is 6.25. The molecule has 0 atom stereocenters. The number of benzene rings is 2. The molecule has 0 bridgehead atoms. The Morgan fingerprint density at radius 3 is 2.33 bits per heavy atom. The van der Waals surface area contributed by atoms with Crippen molar-refractivity contribution in [1.82, 2.24) is 0 Å². The van der Waals surface area contributed by atoms with Gasteiger partial charge in [-0.3, -0.25) is 4.79 Å². The van der Waals surface area contributed by atoms with E-state index in [-0.39, 0.29) is 17.2 Å². The van der Waals surface area contributed by atoms with Crippen LogP contribution in [0.5, 0.6) is 17.2 Å². The van der Waals surface area contributed by atoms with Crippen molar-refractivity contribution in [2.75, 3.05) is 0 Å². The van der Waals surface area contributed by atoms with Crippen molar-refractivity contribution < 1.29 is 20.1 Å². The highest BCUT2D eigenvalue weighted by atomic mass is 16.3. The third-order valence-electron chi connectivity index (χ3n) is 2.91. The maximum atomic E-state index is 10.4. The van der Waals surface area contributed by atoms with E-state index in [1.54, 1.807) is 42.5 Å². The van der Waals surface area contributed by atoms with Gasteiger partial charge in [-0.05, 0) is 35.4 Å². The largest absolute Gasteiger partial charge is 0.507 e. The predicted molar refractivity (Wildman–Crippen MR) is 81.9 cm³/mol. The summed E-state index contributed by atoms with van der Waals surface area (Å²) in [5, 5.41) is 28.6. The summed E-state index contributed by atoms with van der Waals surface area (Å²) in [7, 11) is 0. The lowest BCUT2D eigenvalue weighted by Crippen LogP contribution is -1.82. The van der Waals surface area contributed by atoms with E-state index >= 15 is 0 Å². The standard InChI is InChI=1S/C17H14O4/c18-10-2-4-13-3-1-5-15(19)14(13)8-6-12-7-9-16(20)17(21)11-12/h1-11,19-21H/b4-2+,8-6+. The summed E-state index contributed by atoms with van der Waals surface area (Å²) in [4.78, 5) is 10.4. The fourth-order valence-corrected chi connectivity index (χ4v) is 1.86. The molecule has 0 saturated carbocycles. The van der Waals surface area contributed by atoms with E-state index < -0.39 is 0 Å². The van der Waals surface area contributed by atoms with Gasteiger partial charge in [0.05, 0.1) is 0 Å². The quantitative estimate of drug-likeness (QED) is 0.348. The van der Waals surface area contributed by atoms with Crippen molar-refractivity contribution in [2.24, 2.45) is 0 Å². The molecule has 0 aliphatic rings. The van der Waals surface area contributed by atoms with E-state index in [4.69, 9.17) is 0 Å². The molecule has 0 aliphatic carbocycles. The predicted octanol–water partition coefficient (Wildman–Crippen LogP) is 3.19. The van der Waals surface area contributed by atoms with Crippen LogP contribution in [0, 0.1) is 0 Å². The molecule has 0 unspecified atom stereocenters. The molecule has 4 nitrogen and oxygen atoms in total. The minimum absolute atomic E-state index is 0.0855. The number of phenolic OH excluding ortho intramolecular Hbond substituents is 3. The molecular weight excluding hydrogens is 268 g/mol. The van der Waals surface area contributed by atoms with Crippen LogP contribution >= 0.6 is 0 Å². The maximum Gasteiger partial charge on any atom is 0.157 e. The summed E-state index contributed by atoms with van der Waals surface area (Å²) < 4.78 is 0. The lowest BCUT2D eigenvalue weighted by molar-refractivity contribution is -0.104. The lowest BCUT2D eigenvalue weighted by Gasteiger charge is -2.04. The molecule has 0 fully saturated rings. The summed E-state index contributed by atoms with van der Waals surface area (Å²) in [5.41, 5.74) is 1.92. The van der Waals surface area contributed by atoms with Crippen LogP contribution in [0.15, 0.2) is 42.5 Å². The molecule has 4 heteroatoms. The highest BCUT2D eigenvalue weighted by molar-refractivity contribution is 5.82. The second-order valence-electron chi connectivity index (χ2n) is 4.36. The first-order valence-corrected chi connectivity index (χ1v) is 6.25. The van der Waals surface area contributed by atoms with Crippen LogP contribution in [-0.4, -0.2) is 21.6 Å². The minimum Gasteiger partial charge on any atom is -0.507 e. The number of carbonyl (C=O) groups is 1. The highest BCUT2D eigenvalue weighted by Gasteiger charge is 2.03. The second-order valence-corrected chi connectivity index (χ2v) is 4.36. The van der Waals surface area contributed by atoms with Crippen molar-refractivity contribution in [1.29, 1.82) is 0 Å². The lowest BCUT2D eigenvalue weighted by atomic mass is 10.0. The van der Waals surface area contributed by atoms with Gasteiger partial charge in [0.15, 0.2) is 11.5 Å². The van der Waals surface area contributed by atoms with Crippen molar-refractivity contribution in [3.8, 4) is 17.2 Å². The number of allylic oxidation sites excluding steroid dienone is 1. The van der Waals surface area contributed by atoms with Crippen LogP contribution in [0.3, 0.4) is 0 Å². The number of hydrogen-bond acceptors (Lipinski definition) is 4. The second kappa shape index (κ2) is 6.43. The topological polar surface area (TPSA) is 77.8 Å². The maximum absolute atomic E-state index is 10.4. The molecule has 2 aromatic carbocycles. The number of aldehydes is 1. The Hall–Kier alpha value is -3.01. The van der Waals surface area contributed by atoms with Gasteiger partial charge in [-0.15, -0.1) is 0 Å². The van der Waals surface area contributed by atoms with Crippen LogP contribution in [0.4, 0.5) is 0 Å². The van der Waals surface area contributed by atoms with E-state index in [1.807, 2.05) is 0 Å². The Kier molecular flexibility index (Phi) is 4.41. The molecule has 0 aliphatic heterocycles. The fraction of sp³-hybridized carbons (Fsp3) is 0. The van der Waals surface area contributed by atoms with Crippen LogP contribution in [-0.2, 0) is 4.79 Å². The summed E-state index contributed by atoms with van der Waals surface area (Å²) in [6.45, 7) is 0. The van der Waals surface area contributed by atoms with Gasteiger partial charge in [0.25, 0.3) is 0 Å². The molecule has 0 radical (unpaired) electrons. The SMILES string of the molecule is O=C/C=C/c1cccc(O)c1/C=C/c1ccc(O)c(O)c1. The molecule has 0 heterocycles. The number of hydrogen-bond donors (Lipinski definition) is 3. The molecular formula is C17H14O4. The van der Waals surface area contributed by atoms with Crippen molar-refractivity contribution in [2.45, 2.75) is 0 Å². The number of phenols is 3. The van der Waals surface area contributed by atoms with Crippen molar-refractivity contribution >= 4 is 24.5 Å². The molecule has 21 heavy (non-hydrogen) atoms. The number of aromatic hydroxyl groups is 3. The normalized spacial score (nSPS) is 11.2. The Balaban J connectivity index is 2.37. The van der Waals surface area contributed by atoms with Gasteiger partial charge >= 0.3 is 0 Å². The Morgan fingerprint density at radius 2 is 1.62 bits per heavy atom. The molecule has 3 N–H and O–H groups in total. The summed E-state index contributed by atoms with van der Waals surface area (Å²) in [5.74, 6) is -0.317. The zero-order valence-corrected chi connectivity index (χ0v) is 11.1. The average Bonchev–Trinajstić information content (AvgIpc) is 2.47. The third-order valence-corrected chi connectivity index (χ3v) is 2.91. The Labute approximate surface area is 121 Å². The van der Waals surface area contributed by atoms with Gasteiger partial charge in [-0.2, -0.15) is 0 Å². The highest BCUT2D eigenvalue weighted by Crippen LogP contribution is 2.28. The van der Waals surface area contributed by atoms with E-state index in [0.29, 0.717) is 23.0 Å². The van der Waals surface area contributed by atoms with Crippen LogP contribution in [0.1, 0.15) is 16.7 Å². The van der Waals surface area contributed by atoms with E-state index in [9.17, 15) is 20.1 Å². The van der Waals surface area contributed by atoms with E-state index in [1.165, 1.54) is 18.2 Å². The van der Waals surface area contributed by atoms with Gasteiger partial charge in [0, 0.05) is 5.56 Å². The summed E-state index contributed by atoms with van der Waals surface area (Å²) >= 11 is 0. The Morgan fingerprint density at radius 1 is 0.810 bits per heavy atom. The average molecular weight is 282 g/mol. The smallest absolute Gasteiger partial charge is 0.157 e.